The van der Waals surface area contributed by atoms with E-state index >= 15 is 0 Å². The smallest absolute Gasteiger partial charge is 0.249 e. The van der Waals surface area contributed by atoms with Crippen molar-refractivity contribution in [2.75, 3.05) is 6.61 Å². The van der Waals surface area contributed by atoms with E-state index in [0.717, 1.165) is 51.4 Å². The largest absolute Gasteiger partial charge is 0.394 e. The molecule has 1 amide bonds. The van der Waals surface area contributed by atoms with Gasteiger partial charge in [-0.25, -0.2) is 0 Å². The Bertz CT molecular complexity index is 658. The summed E-state index contributed by atoms with van der Waals surface area (Å²) in [6, 6.07) is -0.986. The van der Waals surface area contributed by atoms with Crippen molar-refractivity contribution in [1.82, 2.24) is 5.32 Å². The molecule has 6 nitrogen and oxygen atoms in total. The first-order valence-corrected chi connectivity index (χ1v) is 20.1. The monoisotopic (exact) mass is 654 g/mol. The Labute approximate surface area is 285 Å². The van der Waals surface area contributed by atoms with E-state index in [2.05, 4.69) is 31.3 Å². The van der Waals surface area contributed by atoms with Gasteiger partial charge in [0.1, 0.15) is 12.2 Å². The van der Waals surface area contributed by atoms with Crippen molar-refractivity contribution < 1.29 is 25.2 Å². The van der Waals surface area contributed by atoms with Crippen LogP contribution in [0.1, 0.15) is 206 Å². The van der Waals surface area contributed by atoms with Gasteiger partial charge in [-0.3, -0.25) is 4.79 Å². The second kappa shape index (κ2) is 35.4. The fourth-order valence-electron chi connectivity index (χ4n) is 6.21. The number of hydrogen-bond acceptors (Lipinski definition) is 5. The quantitative estimate of drug-likeness (QED) is 0.0342. The van der Waals surface area contributed by atoms with E-state index < -0.39 is 36.9 Å². The van der Waals surface area contributed by atoms with Crippen molar-refractivity contribution >= 4 is 5.91 Å². The first-order valence-electron chi connectivity index (χ1n) is 20.1. The first kappa shape index (κ1) is 45.0. The summed E-state index contributed by atoms with van der Waals surface area (Å²) in [7, 11) is 0. The lowest BCUT2D eigenvalue weighted by Gasteiger charge is -2.27. The molecule has 4 unspecified atom stereocenters. The second-order valence-electron chi connectivity index (χ2n) is 14.0. The molecule has 0 radical (unpaired) electrons. The van der Waals surface area contributed by atoms with Crippen molar-refractivity contribution in [2.45, 2.75) is 231 Å². The van der Waals surface area contributed by atoms with Gasteiger partial charge in [-0.05, 0) is 32.1 Å². The summed E-state index contributed by atoms with van der Waals surface area (Å²) < 4.78 is 0. The molecule has 0 bridgehead atoms. The van der Waals surface area contributed by atoms with Crippen LogP contribution in [-0.4, -0.2) is 57.3 Å². The number of hydrogen-bond donors (Lipinski definition) is 5. The molecule has 4 atom stereocenters. The zero-order valence-electron chi connectivity index (χ0n) is 30.6. The molecule has 0 saturated heterocycles. The van der Waals surface area contributed by atoms with E-state index in [1.807, 2.05) is 0 Å². The van der Waals surface area contributed by atoms with E-state index in [9.17, 15) is 25.2 Å². The molecule has 0 aromatic rings. The Morgan fingerprint density at radius 3 is 1.33 bits per heavy atom. The van der Waals surface area contributed by atoms with Crippen LogP contribution in [0, 0.1) is 0 Å². The molecule has 0 aliphatic rings. The zero-order valence-corrected chi connectivity index (χ0v) is 30.6. The number of nitrogens with one attached hydrogen (secondary N) is 1. The Balaban J connectivity index is 3.69. The van der Waals surface area contributed by atoms with Crippen LogP contribution in [0.25, 0.3) is 0 Å². The number of rotatable bonds is 36. The van der Waals surface area contributed by atoms with Crippen LogP contribution >= 0.6 is 0 Å². The highest BCUT2D eigenvalue weighted by Crippen LogP contribution is 2.16. The molecule has 0 aromatic heterocycles. The Morgan fingerprint density at radius 1 is 0.522 bits per heavy atom. The van der Waals surface area contributed by atoms with Gasteiger partial charge in [0.2, 0.25) is 5.91 Å². The first-order chi connectivity index (χ1) is 22.5. The van der Waals surface area contributed by atoms with Crippen LogP contribution < -0.4 is 5.32 Å². The lowest BCUT2D eigenvalue weighted by atomic mass is 9.99. The van der Waals surface area contributed by atoms with Crippen LogP contribution in [0.4, 0.5) is 0 Å². The van der Waals surface area contributed by atoms with Crippen LogP contribution in [0.5, 0.6) is 0 Å². The molecule has 0 spiro atoms. The summed E-state index contributed by atoms with van der Waals surface area (Å²) in [5.41, 5.74) is 0. The summed E-state index contributed by atoms with van der Waals surface area (Å²) in [5.74, 6) is -0.598. The highest BCUT2D eigenvalue weighted by molar-refractivity contribution is 5.80. The van der Waals surface area contributed by atoms with Crippen molar-refractivity contribution in [2.24, 2.45) is 0 Å². The molecule has 0 aromatic carbocycles. The number of carbonyl (C=O) groups excluding carboxylic acids is 1. The Kier molecular flexibility index (Phi) is 34.6. The van der Waals surface area contributed by atoms with Crippen LogP contribution in [0.15, 0.2) is 12.2 Å². The zero-order chi connectivity index (χ0) is 33.9. The topological polar surface area (TPSA) is 110 Å². The van der Waals surface area contributed by atoms with Crippen molar-refractivity contribution in [3.8, 4) is 0 Å². The average Bonchev–Trinajstić information content (AvgIpc) is 3.06. The van der Waals surface area contributed by atoms with Gasteiger partial charge in [0.25, 0.3) is 0 Å². The maximum Gasteiger partial charge on any atom is 0.249 e. The summed E-state index contributed by atoms with van der Waals surface area (Å²) in [4.78, 5) is 12.4. The molecule has 46 heavy (non-hydrogen) atoms. The molecule has 0 aliphatic heterocycles. The fourth-order valence-corrected chi connectivity index (χ4v) is 6.21. The minimum Gasteiger partial charge on any atom is -0.394 e. The average molecular weight is 654 g/mol. The third kappa shape index (κ3) is 29.2. The van der Waals surface area contributed by atoms with Crippen LogP contribution in [0.3, 0.4) is 0 Å². The minimum atomic E-state index is -1.26. The highest BCUT2D eigenvalue weighted by Gasteiger charge is 2.28. The fraction of sp³-hybridized carbons (Fsp3) is 0.925. The molecular weight excluding hydrogens is 574 g/mol. The molecule has 0 saturated carbocycles. The van der Waals surface area contributed by atoms with E-state index in [-0.39, 0.29) is 0 Å². The van der Waals surface area contributed by atoms with Gasteiger partial charge in [0, 0.05) is 0 Å². The number of unbranched alkanes of at least 4 members (excludes halogenated alkanes) is 25. The van der Waals surface area contributed by atoms with Gasteiger partial charge in [0.15, 0.2) is 0 Å². The minimum absolute atomic E-state index is 0.349. The number of allylic oxidation sites excluding steroid dienone is 2. The maximum absolute atomic E-state index is 12.4. The molecule has 0 heterocycles. The Hall–Kier alpha value is -0.950. The molecule has 5 N–H and O–H groups in total. The van der Waals surface area contributed by atoms with Gasteiger partial charge in [0.05, 0.1) is 18.8 Å². The molecular formula is C40H79NO5. The van der Waals surface area contributed by atoms with Gasteiger partial charge < -0.3 is 25.7 Å². The summed E-state index contributed by atoms with van der Waals surface area (Å²) in [5, 5.41) is 43.4. The molecule has 274 valence electrons. The lowest BCUT2D eigenvalue weighted by Crippen LogP contribution is -2.53. The van der Waals surface area contributed by atoms with E-state index in [4.69, 9.17) is 0 Å². The summed E-state index contributed by atoms with van der Waals surface area (Å²) in [6.07, 6.45) is 36.8. The van der Waals surface area contributed by atoms with E-state index in [1.54, 1.807) is 0 Å². The lowest BCUT2D eigenvalue weighted by molar-refractivity contribution is -0.132. The SMILES string of the molecule is CCCC/C=C\CCCCCC(O)C(=O)NC(CO)C(O)C(O)CCCCCCCCCCCCCCCCCCCCCCC. The van der Waals surface area contributed by atoms with Crippen molar-refractivity contribution in [1.29, 1.82) is 0 Å². The van der Waals surface area contributed by atoms with E-state index in [1.165, 1.54) is 128 Å². The molecule has 6 heteroatoms. The highest BCUT2D eigenvalue weighted by atomic mass is 16.3. The van der Waals surface area contributed by atoms with Gasteiger partial charge in [-0.2, -0.15) is 0 Å². The molecule has 0 rings (SSSR count). The van der Waals surface area contributed by atoms with E-state index in [0.29, 0.717) is 12.8 Å². The maximum atomic E-state index is 12.4. The third-order valence-electron chi connectivity index (χ3n) is 9.48. The van der Waals surface area contributed by atoms with Crippen molar-refractivity contribution in [3.05, 3.63) is 12.2 Å². The Morgan fingerprint density at radius 2 is 0.891 bits per heavy atom. The molecule has 0 aliphatic carbocycles. The summed E-state index contributed by atoms with van der Waals surface area (Å²) >= 11 is 0. The van der Waals surface area contributed by atoms with Gasteiger partial charge in [-0.1, -0.05) is 187 Å². The van der Waals surface area contributed by atoms with Gasteiger partial charge in [-0.15, -0.1) is 0 Å². The molecule has 0 fully saturated rings. The predicted molar refractivity (Wildman–Crippen MR) is 196 cm³/mol. The standard InChI is InChI=1S/C40H79NO5/c1-3-5-7-9-11-13-14-15-16-17-18-19-20-21-22-23-24-26-27-29-31-33-37(43)39(45)36(35-42)41-40(46)38(44)34-32-30-28-25-12-10-8-6-4-2/h10,12,36-39,42-45H,3-9,11,13-35H2,1-2H3,(H,41,46)/b12-10-. The van der Waals surface area contributed by atoms with Gasteiger partial charge >= 0.3 is 0 Å². The summed E-state index contributed by atoms with van der Waals surface area (Å²) in [6.45, 7) is 3.98. The predicted octanol–water partition coefficient (Wildman–Crippen LogP) is 9.85. The number of aliphatic hydroxyl groups excluding tert-OH is 4. The second-order valence-corrected chi connectivity index (χ2v) is 14.0. The number of amides is 1. The third-order valence-corrected chi connectivity index (χ3v) is 9.48. The number of carbonyl (C=O) groups is 1. The number of aliphatic hydroxyl groups is 4. The van der Waals surface area contributed by atoms with Crippen molar-refractivity contribution in [3.63, 3.8) is 0 Å². The van der Waals surface area contributed by atoms with Crippen LogP contribution in [0.2, 0.25) is 0 Å². The van der Waals surface area contributed by atoms with Crippen LogP contribution in [-0.2, 0) is 4.79 Å². The normalized spacial score (nSPS) is 14.5.